The number of nitrogens with one attached hydrogen (secondary N) is 1. The Morgan fingerprint density at radius 1 is 1.35 bits per heavy atom. The van der Waals surface area contributed by atoms with Crippen molar-refractivity contribution < 1.29 is 14.7 Å². The lowest BCUT2D eigenvalue weighted by molar-refractivity contribution is -0.131. The predicted octanol–water partition coefficient (Wildman–Crippen LogP) is 3.09. The molecule has 1 aromatic rings. The van der Waals surface area contributed by atoms with Crippen LogP contribution in [-0.4, -0.2) is 23.0 Å². The van der Waals surface area contributed by atoms with Gasteiger partial charge in [0, 0.05) is 17.7 Å². The van der Waals surface area contributed by atoms with Crippen LogP contribution in [0.1, 0.15) is 49.0 Å². The van der Waals surface area contributed by atoms with Crippen molar-refractivity contribution in [2.45, 2.75) is 39.2 Å². The van der Waals surface area contributed by atoms with Crippen molar-refractivity contribution in [1.29, 1.82) is 0 Å². The highest BCUT2D eigenvalue weighted by molar-refractivity contribution is 5.95. The van der Waals surface area contributed by atoms with Crippen molar-refractivity contribution in [3.05, 3.63) is 41.5 Å². The summed E-state index contributed by atoms with van der Waals surface area (Å²) < 4.78 is 0. The molecule has 0 saturated carbocycles. The molecule has 4 nitrogen and oxygen atoms in total. The van der Waals surface area contributed by atoms with Gasteiger partial charge in [0.25, 0.3) is 5.91 Å². The van der Waals surface area contributed by atoms with Gasteiger partial charge in [-0.15, -0.1) is 0 Å². The van der Waals surface area contributed by atoms with E-state index in [4.69, 9.17) is 5.11 Å². The molecule has 0 saturated heterocycles. The van der Waals surface area contributed by atoms with Crippen LogP contribution in [0.25, 0.3) is 6.08 Å². The lowest BCUT2D eigenvalue weighted by atomic mass is 10.1. The largest absolute Gasteiger partial charge is 0.478 e. The molecule has 0 bridgehead atoms. The SMILES string of the molecule is CCCC(CC)NC(=O)c1cccc(C=CC(=O)O)c1. The molecule has 2 N–H and O–H groups in total. The standard InChI is InChI=1S/C16H21NO3/c1-3-6-14(4-2)17-16(20)13-8-5-7-12(11-13)9-10-15(18)19/h5,7-11,14H,3-4,6H2,1-2H3,(H,17,20)(H,18,19). The first-order valence-electron chi connectivity index (χ1n) is 6.88. The predicted molar refractivity (Wildman–Crippen MR) is 79.6 cm³/mol. The molecule has 0 heterocycles. The number of hydrogen-bond acceptors (Lipinski definition) is 2. The topological polar surface area (TPSA) is 66.4 Å². The lowest BCUT2D eigenvalue weighted by Crippen LogP contribution is -2.34. The van der Waals surface area contributed by atoms with Crippen molar-refractivity contribution in [1.82, 2.24) is 5.32 Å². The van der Waals surface area contributed by atoms with Crippen LogP contribution in [0, 0.1) is 0 Å². The molecule has 1 amide bonds. The van der Waals surface area contributed by atoms with Crippen LogP contribution >= 0.6 is 0 Å². The second-order valence-corrected chi connectivity index (χ2v) is 4.66. The van der Waals surface area contributed by atoms with Crippen LogP contribution in [0.2, 0.25) is 0 Å². The Bertz CT molecular complexity index is 494. The van der Waals surface area contributed by atoms with Gasteiger partial charge in [-0.3, -0.25) is 4.79 Å². The number of hydrogen-bond donors (Lipinski definition) is 2. The highest BCUT2D eigenvalue weighted by Gasteiger charge is 2.11. The van der Waals surface area contributed by atoms with Gasteiger partial charge in [0.2, 0.25) is 0 Å². The maximum Gasteiger partial charge on any atom is 0.328 e. The van der Waals surface area contributed by atoms with Gasteiger partial charge in [0.05, 0.1) is 0 Å². The molecule has 0 aliphatic rings. The van der Waals surface area contributed by atoms with Crippen LogP contribution in [0.4, 0.5) is 0 Å². The fraction of sp³-hybridized carbons (Fsp3) is 0.375. The van der Waals surface area contributed by atoms with E-state index in [1.807, 2.05) is 6.92 Å². The van der Waals surface area contributed by atoms with Crippen molar-refractivity contribution in [3.8, 4) is 0 Å². The molecule has 0 aromatic heterocycles. The molecule has 20 heavy (non-hydrogen) atoms. The first-order chi connectivity index (χ1) is 9.56. The fourth-order valence-electron chi connectivity index (χ4n) is 1.95. The number of carbonyl (C=O) groups excluding carboxylic acids is 1. The van der Waals surface area contributed by atoms with Gasteiger partial charge in [-0.25, -0.2) is 4.79 Å². The van der Waals surface area contributed by atoms with Crippen LogP contribution in [0.15, 0.2) is 30.3 Å². The monoisotopic (exact) mass is 275 g/mol. The summed E-state index contributed by atoms with van der Waals surface area (Å²) in [5.74, 6) is -1.12. The van der Waals surface area contributed by atoms with Gasteiger partial charge in [-0.2, -0.15) is 0 Å². The van der Waals surface area contributed by atoms with Crippen LogP contribution in [0.3, 0.4) is 0 Å². The molecule has 1 atom stereocenters. The number of carboxylic acids is 1. The number of benzene rings is 1. The summed E-state index contributed by atoms with van der Waals surface area (Å²) >= 11 is 0. The molecule has 108 valence electrons. The van der Waals surface area contributed by atoms with E-state index >= 15 is 0 Å². The van der Waals surface area contributed by atoms with E-state index in [0.717, 1.165) is 25.3 Å². The lowest BCUT2D eigenvalue weighted by Gasteiger charge is -2.16. The summed E-state index contributed by atoms with van der Waals surface area (Å²) in [6, 6.07) is 7.11. The first kappa shape index (κ1) is 16.0. The maximum atomic E-state index is 12.1. The summed E-state index contributed by atoms with van der Waals surface area (Å²) in [4.78, 5) is 22.6. The number of amides is 1. The van der Waals surface area contributed by atoms with Crippen molar-refractivity contribution in [2.75, 3.05) is 0 Å². The molecular formula is C16H21NO3. The highest BCUT2D eigenvalue weighted by atomic mass is 16.4. The van der Waals surface area contributed by atoms with Crippen LogP contribution in [-0.2, 0) is 4.79 Å². The van der Waals surface area contributed by atoms with Gasteiger partial charge in [-0.05, 0) is 36.6 Å². The summed E-state index contributed by atoms with van der Waals surface area (Å²) in [6.07, 6.45) is 5.42. The quantitative estimate of drug-likeness (QED) is 0.751. The summed E-state index contributed by atoms with van der Waals surface area (Å²) in [5, 5.41) is 11.6. The molecule has 0 aliphatic carbocycles. The van der Waals surface area contributed by atoms with E-state index < -0.39 is 5.97 Å². The average molecular weight is 275 g/mol. The Morgan fingerprint density at radius 2 is 2.10 bits per heavy atom. The molecule has 0 radical (unpaired) electrons. The first-order valence-corrected chi connectivity index (χ1v) is 6.88. The zero-order valence-electron chi connectivity index (χ0n) is 11.9. The third-order valence-electron chi connectivity index (χ3n) is 3.03. The fourth-order valence-corrected chi connectivity index (χ4v) is 1.95. The maximum absolute atomic E-state index is 12.1. The highest BCUT2D eigenvalue weighted by Crippen LogP contribution is 2.09. The second kappa shape index (κ2) is 8.15. The summed E-state index contributed by atoms with van der Waals surface area (Å²) in [7, 11) is 0. The minimum absolute atomic E-state index is 0.115. The van der Waals surface area contributed by atoms with Crippen LogP contribution in [0.5, 0.6) is 0 Å². The minimum atomic E-state index is -1.01. The van der Waals surface area contributed by atoms with E-state index in [2.05, 4.69) is 12.2 Å². The Labute approximate surface area is 119 Å². The second-order valence-electron chi connectivity index (χ2n) is 4.66. The normalized spacial score (nSPS) is 12.3. The minimum Gasteiger partial charge on any atom is -0.478 e. The van der Waals surface area contributed by atoms with E-state index in [-0.39, 0.29) is 11.9 Å². The van der Waals surface area contributed by atoms with Gasteiger partial charge in [0.1, 0.15) is 0 Å². The number of aliphatic carboxylic acids is 1. The third kappa shape index (κ3) is 5.26. The molecule has 4 heteroatoms. The number of carboxylic acid groups (broad SMARTS) is 1. The zero-order valence-corrected chi connectivity index (χ0v) is 11.9. The zero-order chi connectivity index (χ0) is 15.0. The molecule has 1 rings (SSSR count). The van der Waals surface area contributed by atoms with Crippen LogP contribution < -0.4 is 5.32 Å². The van der Waals surface area contributed by atoms with Gasteiger partial charge in [0.15, 0.2) is 0 Å². The molecule has 0 spiro atoms. The Hall–Kier alpha value is -2.10. The average Bonchev–Trinajstić information content (AvgIpc) is 2.44. The van der Waals surface area contributed by atoms with E-state index in [1.165, 1.54) is 6.08 Å². The number of carbonyl (C=O) groups is 2. The molecular weight excluding hydrogens is 254 g/mol. The van der Waals surface area contributed by atoms with E-state index in [1.54, 1.807) is 24.3 Å². The molecule has 1 aromatic carbocycles. The van der Waals surface area contributed by atoms with Crippen molar-refractivity contribution in [3.63, 3.8) is 0 Å². The van der Waals surface area contributed by atoms with Crippen molar-refractivity contribution in [2.24, 2.45) is 0 Å². The van der Waals surface area contributed by atoms with E-state index in [0.29, 0.717) is 11.1 Å². The molecule has 1 unspecified atom stereocenters. The Balaban J connectivity index is 2.78. The Morgan fingerprint density at radius 3 is 2.70 bits per heavy atom. The third-order valence-corrected chi connectivity index (χ3v) is 3.03. The van der Waals surface area contributed by atoms with Gasteiger partial charge >= 0.3 is 5.97 Å². The van der Waals surface area contributed by atoms with E-state index in [9.17, 15) is 9.59 Å². The van der Waals surface area contributed by atoms with Gasteiger partial charge < -0.3 is 10.4 Å². The molecule has 0 aliphatic heterocycles. The number of rotatable bonds is 7. The van der Waals surface area contributed by atoms with Gasteiger partial charge in [-0.1, -0.05) is 32.4 Å². The summed E-state index contributed by atoms with van der Waals surface area (Å²) in [6.45, 7) is 4.14. The smallest absolute Gasteiger partial charge is 0.328 e. The van der Waals surface area contributed by atoms with Crippen molar-refractivity contribution >= 4 is 18.0 Å². The Kier molecular flexibility index (Phi) is 6.50. The molecule has 0 fully saturated rings. The summed E-state index contributed by atoms with van der Waals surface area (Å²) in [5.41, 5.74) is 1.25.